The van der Waals surface area contributed by atoms with E-state index in [1.54, 1.807) is 34.1 Å². The van der Waals surface area contributed by atoms with Crippen molar-refractivity contribution in [2.45, 2.75) is 6.04 Å². The molecule has 1 aromatic carbocycles. The number of rotatable bonds is 2. The fraction of sp³-hybridized carbons (Fsp3) is 0.333. The number of nitrogens with zero attached hydrogens (tertiary/aromatic N) is 6. The number of nitriles is 2. The summed E-state index contributed by atoms with van der Waals surface area (Å²) in [5.41, 5.74) is 1.27. The summed E-state index contributed by atoms with van der Waals surface area (Å²) in [4.78, 5) is 18.2. The molecule has 1 amide bonds. The van der Waals surface area contributed by atoms with Gasteiger partial charge in [-0.1, -0.05) is 17.3 Å². The number of fused-ring (bicyclic) bond motifs is 1. The van der Waals surface area contributed by atoms with Gasteiger partial charge in [-0.25, -0.2) is 0 Å². The van der Waals surface area contributed by atoms with Crippen LogP contribution in [0.5, 0.6) is 0 Å². The lowest BCUT2D eigenvalue weighted by atomic mass is 10.1. The summed E-state index contributed by atoms with van der Waals surface area (Å²) in [7, 11) is 0. The van der Waals surface area contributed by atoms with Gasteiger partial charge >= 0.3 is 0 Å². The van der Waals surface area contributed by atoms with Crippen molar-refractivity contribution in [1.29, 1.82) is 10.5 Å². The van der Waals surface area contributed by atoms with Crippen LogP contribution in [0.1, 0.15) is 5.56 Å². The van der Waals surface area contributed by atoms with Crippen molar-refractivity contribution in [3.63, 3.8) is 0 Å². The third-order valence-corrected chi connectivity index (χ3v) is 4.85. The molecular weight excluding hydrogens is 332 g/mol. The average molecular weight is 348 g/mol. The van der Waals surface area contributed by atoms with Crippen molar-refractivity contribution in [2.24, 2.45) is 0 Å². The van der Waals surface area contributed by atoms with E-state index in [4.69, 9.17) is 15.0 Å². The van der Waals surface area contributed by atoms with Crippen molar-refractivity contribution in [2.75, 3.05) is 37.6 Å². The molecule has 2 saturated heterocycles. The Kier molecular flexibility index (Phi) is 4.04. The number of carbonyl (C=O) groups is 1. The molecule has 3 heterocycles. The number of hydrogen-bond donors (Lipinski definition) is 0. The van der Waals surface area contributed by atoms with E-state index in [1.165, 1.54) is 0 Å². The fourth-order valence-corrected chi connectivity index (χ4v) is 3.43. The second-order valence-corrected chi connectivity index (χ2v) is 6.33. The Morgan fingerprint density at radius 3 is 2.81 bits per heavy atom. The van der Waals surface area contributed by atoms with Crippen molar-refractivity contribution in [3.8, 4) is 23.6 Å². The van der Waals surface area contributed by atoms with E-state index in [0.717, 1.165) is 12.1 Å². The van der Waals surface area contributed by atoms with E-state index >= 15 is 0 Å². The van der Waals surface area contributed by atoms with Crippen LogP contribution in [0.4, 0.5) is 5.82 Å². The number of piperazine rings is 2. The molecule has 0 spiro atoms. The number of aromatic nitrogens is 1. The zero-order valence-electron chi connectivity index (χ0n) is 14.0. The second-order valence-electron chi connectivity index (χ2n) is 6.33. The molecule has 0 bridgehead atoms. The van der Waals surface area contributed by atoms with E-state index in [2.05, 4.69) is 22.3 Å². The van der Waals surface area contributed by atoms with Gasteiger partial charge in [0.2, 0.25) is 5.91 Å². The zero-order valence-corrected chi connectivity index (χ0v) is 14.0. The molecule has 1 atom stereocenters. The van der Waals surface area contributed by atoms with Gasteiger partial charge < -0.3 is 9.42 Å². The minimum atomic E-state index is -0.334. The minimum Gasteiger partial charge on any atom is -0.354 e. The molecule has 1 aromatic heterocycles. The number of anilines is 1. The predicted octanol–water partition coefficient (Wildman–Crippen LogP) is 1.03. The van der Waals surface area contributed by atoms with Crippen LogP contribution in [0.2, 0.25) is 0 Å². The topological polar surface area (TPSA) is 100 Å². The number of hydrogen-bond acceptors (Lipinski definition) is 7. The third kappa shape index (κ3) is 2.77. The van der Waals surface area contributed by atoms with Gasteiger partial charge in [0.25, 0.3) is 0 Å². The lowest BCUT2D eigenvalue weighted by Crippen LogP contribution is -2.64. The maximum atomic E-state index is 12.9. The molecule has 0 N–H and O–H groups in total. The first-order valence-corrected chi connectivity index (χ1v) is 8.37. The largest absolute Gasteiger partial charge is 0.354 e. The van der Waals surface area contributed by atoms with Crippen LogP contribution < -0.4 is 4.90 Å². The number of carbonyl (C=O) groups excluding carboxylic acids is 1. The van der Waals surface area contributed by atoms with Crippen LogP contribution >= 0.6 is 0 Å². The fourth-order valence-electron chi connectivity index (χ4n) is 3.43. The Balaban J connectivity index is 1.57. The normalized spacial score (nSPS) is 20.4. The Morgan fingerprint density at radius 1 is 1.15 bits per heavy atom. The van der Waals surface area contributed by atoms with Gasteiger partial charge in [0.15, 0.2) is 17.8 Å². The quantitative estimate of drug-likeness (QED) is 0.747. The summed E-state index contributed by atoms with van der Waals surface area (Å²) in [6, 6.07) is 10.5. The van der Waals surface area contributed by atoms with Crippen LogP contribution in [-0.2, 0) is 4.79 Å². The molecule has 2 aliphatic heterocycles. The Bertz CT molecular complexity index is 924. The monoisotopic (exact) mass is 348 g/mol. The lowest BCUT2D eigenvalue weighted by Gasteiger charge is -2.44. The van der Waals surface area contributed by atoms with Gasteiger partial charge in [0.05, 0.1) is 18.2 Å². The Morgan fingerprint density at radius 2 is 2.00 bits per heavy atom. The molecule has 8 heteroatoms. The van der Waals surface area contributed by atoms with Crippen LogP contribution in [0.3, 0.4) is 0 Å². The highest BCUT2D eigenvalue weighted by molar-refractivity contribution is 5.97. The van der Waals surface area contributed by atoms with Crippen molar-refractivity contribution >= 4 is 11.7 Å². The lowest BCUT2D eigenvalue weighted by molar-refractivity contribution is -0.127. The van der Waals surface area contributed by atoms with Gasteiger partial charge in [-0.05, 0) is 12.1 Å². The molecule has 26 heavy (non-hydrogen) atoms. The van der Waals surface area contributed by atoms with Gasteiger partial charge in [-0.3, -0.25) is 14.6 Å². The average Bonchev–Trinajstić information content (AvgIpc) is 3.18. The van der Waals surface area contributed by atoms with E-state index in [1.807, 2.05) is 6.07 Å². The first-order valence-electron chi connectivity index (χ1n) is 8.37. The second kappa shape index (κ2) is 6.51. The molecule has 2 fully saturated rings. The smallest absolute Gasteiger partial charge is 0.247 e. The highest BCUT2D eigenvalue weighted by atomic mass is 16.5. The molecule has 0 saturated carbocycles. The van der Waals surface area contributed by atoms with Crippen molar-refractivity contribution in [1.82, 2.24) is 15.0 Å². The molecule has 0 unspecified atom stereocenters. The summed E-state index contributed by atoms with van der Waals surface area (Å²) in [5, 5.41) is 22.2. The highest BCUT2D eigenvalue weighted by Crippen LogP contribution is 2.27. The molecule has 4 rings (SSSR count). The molecule has 8 nitrogen and oxygen atoms in total. The van der Waals surface area contributed by atoms with Crippen molar-refractivity contribution < 1.29 is 9.32 Å². The molecule has 0 radical (unpaired) electrons. The molecule has 0 aliphatic carbocycles. The first kappa shape index (κ1) is 16.1. The maximum absolute atomic E-state index is 12.9. The summed E-state index contributed by atoms with van der Waals surface area (Å²) < 4.78 is 5.40. The van der Waals surface area contributed by atoms with Crippen molar-refractivity contribution in [3.05, 3.63) is 35.9 Å². The molecule has 2 aromatic rings. The van der Waals surface area contributed by atoms with Gasteiger partial charge in [-0.15, -0.1) is 0 Å². The molecular formula is C18H16N6O2. The number of amides is 1. The first-order chi connectivity index (χ1) is 12.7. The van der Waals surface area contributed by atoms with Crippen LogP contribution in [-0.4, -0.2) is 59.6 Å². The van der Waals surface area contributed by atoms with E-state index in [0.29, 0.717) is 43.3 Å². The van der Waals surface area contributed by atoms with Gasteiger partial charge in [0.1, 0.15) is 6.04 Å². The molecule has 2 aliphatic rings. The van der Waals surface area contributed by atoms with Crippen LogP contribution in [0.15, 0.2) is 34.9 Å². The summed E-state index contributed by atoms with van der Waals surface area (Å²) in [5.74, 6) is 0.901. The summed E-state index contributed by atoms with van der Waals surface area (Å²) in [6.07, 6.45) is 2.12. The van der Waals surface area contributed by atoms with Crippen LogP contribution in [0.25, 0.3) is 11.3 Å². The highest BCUT2D eigenvalue weighted by Gasteiger charge is 2.39. The van der Waals surface area contributed by atoms with Gasteiger partial charge in [-0.2, -0.15) is 10.5 Å². The van der Waals surface area contributed by atoms with E-state index in [9.17, 15) is 4.79 Å². The Labute approximate surface area is 150 Å². The third-order valence-electron chi connectivity index (χ3n) is 4.85. The zero-order chi connectivity index (χ0) is 18.1. The summed E-state index contributed by atoms with van der Waals surface area (Å²) in [6.45, 7) is 3.04. The Hall–Kier alpha value is -3.36. The van der Waals surface area contributed by atoms with Gasteiger partial charge in [0, 0.05) is 37.8 Å². The number of benzene rings is 1. The van der Waals surface area contributed by atoms with E-state index in [-0.39, 0.29) is 11.9 Å². The van der Waals surface area contributed by atoms with Crippen LogP contribution in [0, 0.1) is 22.8 Å². The standard InChI is InChI=1S/C18H16N6O2/c19-10-13-2-1-3-14(8-13)16-9-17(21-26-16)24-7-6-23-5-4-22(12-20)11-15(23)18(24)25/h1-3,8-9,15H,4-7,11H2/t15-/m1/s1. The predicted molar refractivity (Wildman–Crippen MR) is 91.6 cm³/mol. The SMILES string of the molecule is N#Cc1cccc(-c2cc(N3CCN4CCN(C#N)C[C@@H]4C3=O)no2)c1. The summed E-state index contributed by atoms with van der Waals surface area (Å²) >= 11 is 0. The minimum absolute atomic E-state index is 0.0678. The molecule has 130 valence electrons. The van der Waals surface area contributed by atoms with E-state index < -0.39 is 0 Å². The maximum Gasteiger partial charge on any atom is 0.247 e.